The van der Waals surface area contributed by atoms with Gasteiger partial charge in [-0.25, -0.2) is 0 Å². The van der Waals surface area contributed by atoms with E-state index < -0.39 is 0 Å². The van der Waals surface area contributed by atoms with Crippen LogP contribution in [0.2, 0.25) is 0 Å². The Labute approximate surface area is 145 Å². The number of benzene rings is 1. The molecule has 0 atom stereocenters. The van der Waals surface area contributed by atoms with Crippen molar-refractivity contribution in [1.29, 1.82) is 5.26 Å². The van der Waals surface area contributed by atoms with Crippen molar-refractivity contribution < 1.29 is 4.74 Å². The molecule has 24 heavy (non-hydrogen) atoms. The largest absolute Gasteiger partial charge is 0.379 e. The lowest BCUT2D eigenvalue weighted by molar-refractivity contribution is -0.0740. The average molecular weight is 325 g/mol. The van der Waals surface area contributed by atoms with Gasteiger partial charge in [-0.1, -0.05) is 12.1 Å². The van der Waals surface area contributed by atoms with Crippen LogP contribution in [0.15, 0.2) is 24.3 Å². The van der Waals surface area contributed by atoms with E-state index in [0.29, 0.717) is 5.41 Å². The number of likely N-dealkylation sites (tertiary alicyclic amines) is 1. The van der Waals surface area contributed by atoms with E-state index in [4.69, 9.17) is 10.00 Å². The maximum Gasteiger partial charge on any atom is 0.0991 e. The highest BCUT2D eigenvalue weighted by Gasteiger charge is 2.47. The van der Waals surface area contributed by atoms with Gasteiger partial charge in [0.1, 0.15) is 0 Å². The third-order valence-electron chi connectivity index (χ3n) is 6.28. The number of ether oxygens (including phenoxy) is 1. The van der Waals surface area contributed by atoms with Crippen molar-refractivity contribution in [2.45, 2.75) is 38.3 Å². The minimum absolute atomic E-state index is 0.619. The van der Waals surface area contributed by atoms with Crippen LogP contribution in [-0.4, -0.2) is 55.2 Å². The second kappa shape index (κ2) is 6.84. The average Bonchev–Trinajstić information content (AvgIpc) is 2.61. The van der Waals surface area contributed by atoms with Crippen molar-refractivity contribution in [3.63, 3.8) is 0 Å². The third-order valence-corrected chi connectivity index (χ3v) is 6.28. The van der Waals surface area contributed by atoms with E-state index >= 15 is 0 Å². The van der Waals surface area contributed by atoms with Crippen molar-refractivity contribution in [3.05, 3.63) is 35.4 Å². The van der Waals surface area contributed by atoms with Gasteiger partial charge in [-0.2, -0.15) is 5.26 Å². The Balaban J connectivity index is 1.26. The Hall–Kier alpha value is -1.41. The topological polar surface area (TPSA) is 39.5 Å². The van der Waals surface area contributed by atoms with Crippen LogP contribution in [0.4, 0.5) is 0 Å². The zero-order chi connectivity index (χ0) is 16.4. The lowest BCUT2D eigenvalue weighted by Crippen LogP contribution is -2.57. The summed E-state index contributed by atoms with van der Waals surface area (Å²) >= 11 is 0. The highest BCUT2D eigenvalue weighted by atomic mass is 16.5. The van der Waals surface area contributed by atoms with Gasteiger partial charge in [0.05, 0.1) is 24.8 Å². The van der Waals surface area contributed by atoms with Crippen LogP contribution in [0, 0.1) is 16.7 Å². The van der Waals surface area contributed by atoms with E-state index in [9.17, 15) is 0 Å². The van der Waals surface area contributed by atoms with Gasteiger partial charge in [0.25, 0.3) is 0 Å². The first-order valence-electron chi connectivity index (χ1n) is 9.30. The fourth-order valence-corrected chi connectivity index (χ4v) is 4.73. The van der Waals surface area contributed by atoms with Crippen LogP contribution in [0.25, 0.3) is 0 Å². The van der Waals surface area contributed by atoms with Gasteiger partial charge in [0.2, 0.25) is 0 Å². The number of morpholine rings is 1. The first-order chi connectivity index (χ1) is 11.8. The summed E-state index contributed by atoms with van der Waals surface area (Å²) in [5, 5.41) is 9.03. The lowest BCUT2D eigenvalue weighted by Gasteiger charge is -2.55. The Morgan fingerprint density at radius 2 is 1.88 bits per heavy atom. The Bertz CT molecular complexity index is 602. The Morgan fingerprint density at radius 3 is 2.58 bits per heavy atom. The van der Waals surface area contributed by atoms with Crippen LogP contribution in [0.3, 0.4) is 0 Å². The Morgan fingerprint density at radius 1 is 1.12 bits per heavy atom. The summed E-state index contributed by atoms with van der Waals surface area (Å²) in [7, 11) is 0. The molecule has 128 valence electrons. The van der Waals surface area contributed by atoms with Crippen LogP contribution >= 0.6 is 0 Å². The summed E-state index contributed by atoms with van der Waals surface area (Å²) in [5.74, 6) is 0. The molecule has 4 nitrogen and oxygen atoms in total. The highest BCUT2D eigenvalue weighted by molar-refractivity contribution is 5.32. The molecule has 1 aromatic carbocycles. The van der Waals surface area contributed by atoms with Crippen molar-refractivity contribution >= 4 is 0 Å². The smallest absolute Gasteiger partial charge is 0.0991 e. The van der Waals surface area contributed by atoms with E-state index in [2.05, 4.69) is 21.9 Å². The van der Waals surface area contributed by atoms with E-state index in [0.717, 1.165) is 44.5 Å². The third kappa shape index (κ3) is 3.35. The summed E-state index contributed by atoms with van der Waals surface area (Å²) in [6.45, 7) is 7.47. The van der Waals surface area contributed by atoms with Crippen molar-refractivity contribution in [2.24, 2.45) is 5.41 Å². The molecule has 1 aliphatic carbocycles. The summed E-state index contributed by atoms with van der Waals surface area (Å²) in [6.07, 6.45) is 5.47. The van der Waals surface area contributed by atoms with Crippen molar-refractivity contribution in [3.8, 4) is 6.07 Å². The molecule has 3 fully saturated rings. The standard InChI is InChI=1S/C20H27N3O/c21-15-17-2-1-3-18(12-17)16-22-6-4-20(5-7-22)13-19(14-20)23-8-10-24-11-9-23/h1-3,12,19H,4-11,13-14,16H2. The maximum atomic E-state index is 9.03. The zero-order valence-electron chi connectivity index (χ0n) is 14.4. The number of nitriles is 1. The zero-order valence-corrected chi connectivity index (χ0v) is 14.4. The predicted octanol–water partition coefficient (Wildman–Crippen LogP) is 2.64. The maximum absolute atomic E-state index is 9.03. The summed E-state index contributed by atoms with van der Waals surface area (Å²) in [4.78, 5) is 5.21. The molecular weight excluding hydrogens is 298 g/mol. The minimum atomic E-state index is 0.619. The first-order valence-corrected chi connectivity index (χ1v) is 9.30. The second-order valence-electron chi connectivity index (χ2n) is 7.80. The van der Waals surface area contributed by atoms with Crippen LogP contribution < -0.4 is 0 Å². The summed E-state index contributed by atoms with van der Waals surface area (Å²) < 4.78 is 5.47. The number of piperidine rings is 1. The SMILES string of the molecule is N#Cc1cccc(CN2CCC3(CC2)CC(N2CCOCC2)C3)c1. The van der Waals surface area contributed by atoms with Gasteiger partial charge >= 0.3 is 0 Å². The van der Waals surface area contributed by atoms with E-state index in [1.807, 2.05) is 18.2 Å². The molecule has 0 unspecified atom stereocenters. The number of hydrogen-bond acceptors (Lipinski definition) is 4. The summed E-state index contributed by atoms with van der Waals surface area (Å²) in [6, 6.07) is 11.1. The molecule has 1 aromatic rings. The molecular formula is C20H27N3O. The monoisotopic (exact) mass is 325 g/mol. The molecule has 0 aromatic heterocycles. The molecule has 0 amide bonds. The number of hydrogen-bond donors (Lipinski definition) is 0. The van der Waals surface area contributed by atoms with Gasteiger partial charge in [-0.3, -0.25) is 9.80 Å². The van der Waals surface area contributed by atoms with Gasteiger partial charge in [-0.15, -0.1) is 0 Å². The van der Waals surface area contributed by atoms with E-state index in [1.54, 1.807) is 0 Å². The second-order valence-corrected chi connectivity index (χ2v) is 7.80. The minimum Gasteiger partial charge on any atom is -0.379 e. The van der Waals surface area contributed by atoms with Crippen molar-refractivity contribution in [2.75, 3.05) is 39.4 Å². The molecule has 1 saturated carbocycles. The molecule has 2 aliphatic heterocycles. The Kier molecular flexibility index (Phi) is 4.58. The van der Waals surface area contributed by atoms with E-state index in [1.165, 1.54) is 44.3 Å². The quantitative estimate of drug-likeness (QED) is 0.856. The molecule has 0 bridgehead atoms. The van der Waals surface area contributed by atoms with Gasteiger partial charge in [0, 0.05) is 25.7 Å². The first kappa shape index (κ1) is 16.1. The molecule has 2 heterocycles. The van der Waals surface area contributed by atoms with Crippen LogP contribution in [0.5, 0.6) is 0 Å². The normalized spacial score (nSPS) is 25.3. The van der Waals surface area contributed by atoms with Crippen molar-refractivity contribution in [1.82, 2.24) is 9.80 Å². The lowest BCUT2D eigenvalue weighted by atomic mass is 9.60. The van der Waals surface area contributed by atoms with Crippen LogP contribution in [0.1, 0.15) is 36.8 Å². The molecule has 0 N–H and O–H groups in total. The molecule has 2 saturated heterocycles. The molecule has 1 spiro atoms. The fraction of sp³-hybridized carbons (Fsp3) is 0.650. The number of nitrogens with zero attached hydrogens (tertiary/aromatic N) is 3. The summed E-state index contributed by atoms with van der Waals surface area (Å²) in [5.41, 5.74) is 2.66. The number of rotatable bonds is 3. The highest BCUT2D eigenvalue weighted by Crippen LogP contribution is 2.51. The van der Waals surface area contributed by atoms with Crippen LogP contribution in [-0.2, 0) is 11.3 Å². The van der Waals surface area contributed by atoms with Gasteiger partial charge < -0.3 is 4.74 Å². The van der Waals surface area contributed by atoms with Gasteiger partial charge in [0.15, 0.2) is 0 Å². The molecule has 3 aliphatic rings. The molecule has 4 rings (SSSR count). The van der Waals surface area contributed by atoms with E-state index in [-0.39, 0.29) is 0 Å². The fourth-order valence-electron chi connectivity index (χ4n) is 4.73. The molecule has 0 radical (unpaired) electrons. The predicted molar refractivity (Wildman–Crippen MR) is 93.5 cm³/mol. The molecule has 4 heteroatoms. The van der Waals surface area contributed by atoms with Gasteiger partial charge in [-0.05, 0) is 61.9 Å².